The summed E-state index contributed by atoms with van der Waals surface area (Å²) in [5, 5.41) is 3.39. The maximum Gasteiger partial charge on any atom is 0.260 e. The SMILES string of the molecule is O=C1NC(=O)c2c1ccc1c(=O)c3ccccc3sc21. The highest BCUT2D eigenvalue weighted by atomic mass is 32.1. The predicted molar refractivity (Wildman–Crippen MR) is 77.4 cm³/mol. The zero-order valence-electron chi connectivity index (χ0n) is 10.1. The van der Waals surface area contributed by atoms with Crippen molar-refractivity contribution in [1.29, 1.82) is 0 Å². The average Bonchev–Trinajstić information content (AvgIpc) is 2.74. The van der Waals surface area contributed by atoms with Gasteiger partial charge in [0.1, 0.15) is 0 Å². The first kappa shape index (κ1) is 11.3. The highest BCUT2D eigenvalue weighted by Crippen LogP contribution is 2.31. The zero-order valence-corrected chi connectivity index (χ0v) is 10.9. The number of nitrogens with one attached hydrogen (secondary N) is 1. The third kappa shape index (κ3) is 1.32. The fraction of sp³-hybridized carbons (Fsp3) is 0. The highest BCUT2D eigenvalue weighted by Gasteiger charge is 2.29. The third-order valence-corrected chi connectivity index (χ3v) is 4.65. The minimum atomic E-state index is -0.429. The number of benzene rings is 2. The van der Waals surface area contributed by atoms with E-state index < -0.39 is 11.8 Å². The van der Waals surface area contributed by atoms with Crippen molar-refractivity contribution in [3.05, 3.63) is 57.7 Å². The highest BCUT2D eigenvalue weighted by molar-refractivity contribution is 7.25. The van der Waals surface area contributed by atoms with Gasteiger partial charge in [0.25, 0.3) is 11.8 Å². The van der Waals surface area contributed by atoms with Crippen molar-refractivity contribution in [2.24, 2.45) is 0 Å². The van der Waals surface area contributed by atoms with E-state index in [2.05, 4.69) is 5.32 Å². The molecule has 1 N–H and O–H groups in total. The second-order valence-corrected chi connectivity index (χ2v) is 5.63. The maximum atomic E-state index is 12.5. The summed E-state index contributed by atoms with van der Waals surface area (Å²) in [6.45, 7) is 0. The smallest absolute Gasteiger partial charge is 0.260 e. The Hall–Kier alpha value is -2.53. The molecule has 5 heteroatoms. The molecule has 0 spiro atoms. The van der Waals surface area contributed by atoms with Gasteiger partial charge in [-0.25, -0.2) is 0 Å². The number of rotatable bonds is 0. The second-order valence-electron chi connectivity index (χ2n) is 4.58. The maximum absolute atomic E-state index is 12.5. The molecule has 0 saturated heterocycles. The molecular formula is C15H7NO3S. The fourth-order valence-corrected chi connectivity index (χ4v) is 3.73. The van der Waals surface area contributed by atoms with Gasteiger partial charge in [0.2, 0.25) is 0 Å². The Bertz CT molecular complexity index is 987. The minimum Gasteiger partial charge on any atom is -0.289 e. The van der Waals surface area contributed by atoms with Gasteiger partial charge in [-0.1, -0.05) is 12.1 Å². The Morgan fingerprint density at radius 1 is 0.850 bits per heavy atom. The van der Waals surface area contributed by atoms with Gasteiger partial charge in [-0.15, -0.1) is 11.3 Å². The van der Waals surface area contributed by atoms with E-state index in [9.17, 15) is 14.4 Å². The number of fused-ring (bicyclic) bond motifs is 4. The number of amides is 2. The molecule has 3 aromatic rings. The van der Waals surface area contributed by atoms with Gasteiger partial charge < -0.3 is 0 Å². The van der Waals surface area contributed by atoms with Crippen molar-refractivity contribution in [3.8, 4) is 0 Å². The van der Waals surface area contributed by atoms with Gasteiger partial charge in [0.05, 0.1) is 15.8 Å². The van der Waals surface area contributed by atoms with Crippen LogP contribution in [0.3, 0.4) is 0 Å². The van der Waals surface area contributed by atoms with Crippen LogP contribution in [0.15, 0.2) is 41.2 Å². The van der Waals surface area contributed by atoms with Crippen LogP contribution in [0.2, 0.25) is 0 Å². The first-order valence-electron chi connectivity index (χ1n) is 6.01. The monoisotopic (exact) mass is 281 g/mol. The topological polar surface area (TPSA) is 63.2 Å². The molecule has 96 valence electrons. The lowest BCUT2D eigenvalue weighted by Crippen LogP contribution is -2.19. The zero-order chi connectivity index (χ0) is 13.9. The molecule has 20 heavy (non-hydrogen) atoms. The van der Waals surface area contributed by atoms with Crippen molar-refractivity contribution >= 4 is 43.3 Å². The molecule has 2 heterocycles. The van der Waals surface area contributed by atoms with E-state index in [1.54, 1.807) is 18.2 Å². The summed E-state index contributed by atoms with van der Waals surface area (Å²) in [6, 6.07) is 10.4. The summed E-state index contributed by atoms with van der Waals surface area (Å²) in [5.41, 5.74) is 0.554. The number of carbonyl (C=O) groups is 2. The number of imide groups is 1. The molecule has 4 rings (SSSR count). The van der Waals surface area contributed by atoms with Crippen LogP contribution in [-0.4, -0.2) is 11.8 Å². The van der Waals surface area contributed by atoms with Crippen LogP contribution in [0.25, 0.3) is 20.2 Å². The van der Waals surface area contributed by atoms with Crippen LogP contribution < -0.4 is 10.7 Å². The van der Waals surface area contributed by atoms with Crippen LogP contribution in [0.4, 0.5) is 0 Å². The Morgan fingerprint density at radius 2 is 1.65 bits per heavy atom. The van der Waals surface area contributed by atoms with E-state index >= 15 is 0 Å². The van der Waals surface area contributed by atoms with E-state index in [4.69, 9.17) is 0 Å². The van der Waals surface area contributed by atoms with E-state index in [0.29, 0.717) is 26.6 Å². The predicted octanol–water partition coefficient (Wildman–Crippen LogP) is 2.30. The normalized spacial score (nSPS) is 13.8. The van der Waals surface area contributed by atoms with Crippen LogP contribution in [0, 0.1) is 0 Å². The largest absolute Gasteiger partial charge is 0.289 e. The summed E-state index contributed by atoms with van der Waals surface area (Å²) in [5.74, 6) is -0.832. The lowest BCUT2D eigenvalue weighted by atomic mass is 10.1. The minimum absolute atomic E-state index is 0.107. The van der Waals surface area contributed by atoms with E-state index in [-0.39, 0.29) is 5.43 Å². The second kappa shape index (κ2) is 3.74. The lowest BCUT2D eigenvalue weighted by Gasteiger charge is -2.03. The third-order valence-electron chi connectivity index (χ3n) is 3.44. The van der Waals surface area contributed by atoms with E-state index in [1.165, 1.54) is 11.3 Å². The number of hydrogen-bond donors (Lipinski definition) is 1. The lowest BCUT2D eigenvalue weighted by molar-refractivity contribution is 0.0880. The number of carbonyl (C=O) groups excluding carboxylic acids is 2. The van der Waals surface area contributed by atoms with Crippen molar-refractivity contribution in [2.75, 3.05) is 0 Å². The van der Waals surface area contributed by atoms with Crippen molar-refractivity contribution in [2.45, 2.75) is 0 Å². The molecule has 0 saturated carbocycles. The van der Waals surface area contributed by atoms with Crippen molar-refractivity contribution < 1.29 is 9.59 Å². The molecule has 1 aliphatic heterocycles. The molecule has 2 aromatic carbocycles. The van der Waals surface area contributed by atoms with Crippen LogP contribution in [0.5, 0.6) is 0 Å². The van der Waals surface area contributed by atoms with E-state index in [0.717, 1.165) is 4.70 Å². The van der Waals surface area contributed by atoms with Gasteiger partial charge in [-0.3, -0.25) is 19.7 Å². The fourth-order valence-electron chi connectivity index (χ4n) is 2.51. The molecule has 1 aromatic heterocycles. The van der Waals surface area contributed by atoms with Gasteiger partial charge in [-0.2, -0.15) is 0 Å². The Labute approximate surface area is 116 Å². The van der Waals surface area contributed by atoms with Gasteiger partial charge in [0.15, 0.2) is 5.43 Å². The Balaban J connectivity index is 2.28. The molecule has 0 atom stereocenters. The molecule has 0 radical (unpaired) electrons. The number of hydrogen-bond acceptors (Lipinski definition) is 4. The quantitative estimate of drug-likeness (QED) is 0.508. The molecule has 0 aliphatic carbocycles. The van der Waals surface area contributed by atoms with Gasteiger partial charge >= 0.3 is 0 Å². The average molecular weight is 281 g/mol. The van der Waals surface area contributed by atoms with Crippen LogP contribution in [-0.2, 0) is 0 Å². The van der Waals surface area contributed by atoms with Gasteiger partial charge in [0, 0.05) is 15.5 Å². The molecule has 1 aliphatic rings. The summed E-state index contributed by atoms with van der Waals surface area (Å²) >= 11 is 1.36. The first-order valence-corrected chi connectivity index (χ1v) is 6.83. The van der Waals surface area contributed by atoms with Crippen molar-refractivity contribution in [1.82, 2.24) is 5.32 Å². The van der Waals surface area contributed by atoms with Crippen LogP contribution in [0.1, 0.15) is 20.7 Å². The molecule has 0 fully saturated rings. The summed E-state index contributed by atoms with van der Waals surface area (Å²) in [6.07, 6.45) is 0. The Morgan fingerprint density at radius 3 is 2.50 bits per heavy atom. The molecular weight excluding hydrogens is 274 g/mol. The Kier molecular flexibility index (Phi) is 2.11. The van der Waals surface area contributed by atoms with E-state index in [1.807, 2.05) is 18.2 Å². The molecule has 0 unspecified atom stereocenters. The molecule has 0 bridgehead atoms. The van der Waals surface area contributed by atoms with Gasteiger partial charge in [-0.05, 0) is 24.3 Å². The summed E-state index contributed by atoms with van der Waals surface area (Å²) in [4.78, 5) is 36.0. The summed E-state index contributed by atoms with van der Waals surface area (Å²) in [7, 11) is 0. The molecule has 4 nitrogen and oxygen atoms in total. The summed E-state index contributed by atoms with van der Waals surface area (Å²) < 4.78 is 1.39. The first-order chi connectivity index (χ1) is 9.66. The molecule has 2 amide bonds. The van der Waals surface area contributed by atoms with Crippen LogP contribution >= 0.6 is 11.3 Å². The van der Waals surface area contributed by atoms with Crippen molar-refractivity contribution in [3.63, 3.8) is 0 Å². The standard InChI is InChI=1S/C15H7NO3S/c17-12-7-3-1-2-4-10(7)20-13-9(12)6-5-8-11(13)15(19)16-14(8)18/h1-6H,(H,16,18,19).